The Morgan fingerprint density at radius 2 is 2.20 bits per heavy atom. The second-order valence-corrected chi connectivity index (χ2v) is 3.67. The fraction of sp³-hybridized carbons (Fsp3) is 1.00. The highest BCUT2D eigenvalue weighted by Gasteiger charge is 2.27. The van der Waals surface area contributed by atoms with E-state index in [1.165, 1.54) is 19.4 Å². The molecule has 1 saturated heterocycles. The smallest absolute Gasteiger partial charge is 0.00956 e. The lowest BCUT2D eigenvalue weighted by Gasteiger charge is -2.21. The lowest BCUT2D eigenvalue weighted by Crippen LogP contribution is -2.28. The van der Waals surface area contributed by atoms with Crippen molar-refractivity contribution in [2.45, 2.75) is 39.7 Å². The summed E-state index contributed by atoms with van der Waals surface area (Å²) in [5, 5.41) is 3.54. The maximum absolute atomic E-state index is 3.54. The summed E-state index contributed by atoms with van der Waals surface area (Å²) in [6, 6.07) is 0.806. The van der Waals surface area contributed by atoms with Gasteiger partial charge in [0, 0.05) is 6.04 Å². The van der Waals surface area contributed by atoms with E-state index < -0.39 is 0 Å². The molecule has 0 aromatic heterocycles. The summed E-state index contributed by atoms with van der Waals surface area (Å²) in [4.78, 5) is 0. The van der Waals surface area contributed by atoms with E-state index in [4.69, 9.17) is 0 Å². The molecule has 10 heavy (non-hydrogen) atoms. The van der Waals surface area contributed by atoms with Crippen LogP contribution in [0.1, 0.15) is 33.6 Å². The topological polar surface area (TPSA) is 12.0 Å². The third-order valence-corrected chi connectivity index (χ3v) is 2.70. The molecule has 60 valence electrons. The van der Waals surface area contributed by atoms with Crippen LogP contribution in [0.4, 0.5) is 0 Å². The molecule has 1 nitrogen and oxygen atoms in total. The molecule has 1 N–H and O–H groups in total. The number of rotatable bonds is 2. The van der Waals surface area contributed by atoms with Gasteiger partial charge in [0.05, 0.1) is 0 Å². The van der Waals surface area contributed by atoms with Crippen LogP contribution in [0.25, 0.3) is 0 Å². The molecule has 1 rings (SSSR count). The molecule has 0 bridgehead atoms. The van der Waals surface area contributed by atoms with Crippen molar-refractivity contribution < 1.29 is 0 Å². The summed E-state index contributed by atoms with van der Waals surface area (Å²) in [6.45, 7) is 8.18. The van der Waals surface area contributed by atoms with Crippen molar-refractivity contribution in [3.05, 3.63) is 0 Å². The van der Waals surface area contributed by atoms with Crippen LogP contribution in [-0.4, -0.2) is 12.6 Å². The Morgan fingerprint density at radius 3 is 2.60 bits per heavy atom. The minimum Gasteiger partial charge on any atom is -0.314 e. The molecular formula is C9H19N. The summed E-state index contributed by atoms with van der Waals surface area (Å²) in [5.74, 6) is 1.80. The van der Waals surface area contributed by atoms with Gasteiger partial charge < -0.3 is 5.32 Å². The van der Waals surface area contributed by atoms with Crippen molar-refractivity contribution in [2.75, 3.05) is 6.54 Å². The van der Waals surface area contributed by atoms with Gasteiger partial charge in [0.25, 0.3) is 0 Å². The van der Waals surface area contributed by atoms with E-state index >= 15 is 0 Å². The van der Waals surface area contributed by atoms with E-state index in [0.717, 1.165) is 17.9 Å². The van der Waals surface area contributed by atoms with Gasteiger partial charge in [0.15, 0.2) is 0 Å². The lowest BCUT2D eigenvalue weighted by atomic mass is 9.88. The number of hydrogen-bond donors (Lipinski definition) is 1. The van der Waals surface area contributed by atoms with Gasteiger partial charge >= 0.3 is 0 Å². The SMILES string of the molecule is CC[C@@H]1NCCC1C(C)C. The van der Waals surface area contributed by atoms with Crippen LogP contribution < -0.4 is 5.32 Å². The standard InChI is InChI=1S/C9H19N/c1-4-9-8(7(2)3)5-6-10-9/h7-10H,4-6H2,1-3H3/t8?,9-/m0/s1. The van der Waals surface area contributed by atoms with Crippen molar-refractivity contribution in [3.8, 4) is 0 Å². The molecule has 1 fully saturated rings. The summed E-state index contributed by atoms with van der Waals surface area (Å²) < 4.78 is 0. The minimum atomic E-state index is 0.806. The maximum atomic E-state index is 3.54. The summed E-state index contributed by atoms with van der Waals surface area (Å²) in [7, 11) is 0. The largest absolute Gasteiger partial charge is 0.314 e. The highest BCUT2D eigenvalue weighted by molar-refractivity contribution is 4.84. The fourth-order valence-corrected chi connectivity index (χ4v) is 2.03. The van der Waals surface area contributed by atoms with E-state index in [-0.39, 0.29) is 0 Å². The summed E-state index contributed by atoms with van der Waals surface area (Å²) >= 11 is 0. The van der Waals surface area contributed by atoms with Crippen LogP contribution in [0.3, 0.4) is 0 Å². The first-order valence-corrected chi connectivity index (χ1v) is 4.49. The van der Waals surface area contributed by atoms with Gasteiger partial charge in [-0.15, -0.1) is 0 Å². The van der Waals surface area contributed by atoms with Crippen molar-refractivity contribution >= 4 is 0 Å². The zero-order chi connectivity index (χ0) is 7.56. The predicted molar refractivity (Wildman–Crippen MR) is 45.0 cm³/mol. The number of hydrogen-bond acceptors (Lipinski definition) is 1. The zero-order valence-corrected chi connectivity index (χ0v) is 7.35. The van der Waals surface area contributed by atoms with Crippen LogP contribution >= 0.6 is 0 Å². The molecule has 1 unspecified atom stereocenters. The highest BCUT2D eigenvalue weighted by Crippen LogP contribution is 2.25. The van der Waals surface area contributed by atoms with Gasteiger partial charge in [0.2, 0.25) is 0 Å². The Balaban J connectivity index is 2.42. The van der Waals surface area contributed by atoms with Crippen molar-refractivity contribution in [2.24, 2.45) is 11.8 Å². The van der Waals surface area contributed by atoms with Gasteiger partial charge in [-0.3, -0.25) is 0 Å². The predicted octanol–water partition coefficient (Wildman–Crippen LogP) is 2.03. The van der Waals surface area contributed by atoms with Crippen LogP contribution in [0, 0.1) is 11.8 Å². The second-order valence-electron chi connectivity index (χ2n) is 3.67. The molecule has 0 aliphatic carbocycles. The molecule has 0 saturated carbocycles. The molecule has 0 aromatic carbocycles. The van der Waals surface area contributed by atoms with E-state index in [2.05, 4.69) is 26.1 Å². The van der Waals surface area contributed by atoms with Crippen LogP contribution in [0.15, 0.2) is 0 Å². The Kier molecular flexibility index (Phi) is 2.72. The van der Waals surface area contributed by atoms with E-state index in [0.29, 0.717) is 0 Å². The van der Waals surface area contributed by atoms with Gasteiger partial charge in [-0.05, 0) is 31.2 Å². The normalized spacial score (nSPS) is 33.6. The zero-order valence-electron chi connectivity index (χ0n) is 7.35. The summed E-state index contributed by atoms with van der Waals surface area (Å²) in [5.41, 5.74) is 0. The average molecular weight is 141 g/mol. The first kappa shape index (κ1) is 8.06. The Bertz CT molecular complexity index is 98.9. The molecule has 1 aliphatic rings. The first-order chi connectivity index (χ1) is 4.75. The van der Waals surface area contributed by atoms with Crippen LogP contribution in [-0.2, 0) is 0 Å². The van der Waals surface area contributed by atoms with Crippen LogP contribution in [0.2, 0.25) is 0 Å². The van der Waals surface area contributed by atoms with Gasteiger partial charge in [0.1, 0.15) is 0 Å². The highest BCUT2D eigenvalue weighted by atomic mass is 14.9. The lowest BCUT2D eigenvalue weighted by molar-refractivity contribution is 0.335. The monoisotopic (exact) mass is 141 g/mol. The third-order valence-electron chi connectivity index (χ3n) is 2.70. The Labute approximate surface area is 64.2 Å². The molecule has 2 atom stereocenters. The second kappa shape index (κ2) is 3.38. The molecule has 0 spiro atoms. The first-order valence-electron chi connectivity index (χ1n) is 4.49. The van der Waals surface area contributed by atoms with Gasteiger partial charge in [-0.2, -0.15) is 0 Å². The number of nitrogens with one attached hydrogen (secondary N) is 1. The maximum Gasteiger partial charge on any atom is 0.00956 e. The quantitative estimate of drug-likeness (QED) is 0.620. The van der Waals surface area contributed by atoms with Gasteiger partial charge in [-0.1, -0.05) is 20.8 Å². The molecule has 0 amide bonds. The molecule has 0 aromatic rings. The van der Waals surface area contributed by atoms with Gasteiger partial charge in [-0.25, -0.2) is 0 Å². The van der Waals surface area contributed by atoms with Crippen molar-refractivity contribution in [1.29, 1.82) is 0 Å². The van der Waals surface area contributed by atoms with Crippen molar-refractivity contribution in [1.82, 2.24) is 5.32 Å². The Morgan fingerprint density at radius 1 is 1.50 bits per heavy atom. The molecule has 1 aliphatic heterocycles. The van der Waals surface area contributed by atoms with Crippen molar-refractivity contribution in [3.63, 3.8) is 0 Å². The molecular weight excluding hydrogens is 122 g/mol. The van der Waals surface area contributed by atoms with E-state index in [1.807, 2.05) is 0 Å². The average Bonchev–Trinajstić information content (AvgIpc) is 2.33. The molecule has 1 heteroatoms. The molecule has 0 radical (unpaired) electrons. The minimum absolute atomic E-state index is 0.806. The Hall–Kier alpha value is -0.0400. The van der Waals surface area contributed by atoms with E-state index in [1.54, 1.807) is 0 Å². The van der Waals surface area contributed by atoms with E-state index in [9.17, 15) is 0 Å². The molecule has 1 heterocycles. The fourth-order valence-electron chi connectivity index (χ4n) is 2.03. The summed E-state index contributed by atoms with van der Waals surface area (Å²) in [6.07, 6.45) is 2.68. The third kappa shape index (κ3) is 1.51. The van der Waals surface area contributed by atoms with Crippen LogP contribution in [0.5, 0.6) is 0 Å².